The molecule has 0 spiro atoms. The highest BCUT2D eigenvalue weighted by atomic mass is 16.5. The smallest absolute Gasteiger partial charge is 0.212 e. The van der Waals surface area contributed by atoms with Crippen LogP contribution in [0.2, 0.25) is 0 Å². The molecule has 0 fully saturated rings. The highest BCUT2D eigenvalue weighted by Crippen LogP contribution is 2.40. The van der Waals surface area contributed by atoms with Gasteiger partial charge < -0.3 is 25.1 Å². The molecule has 1 atom stereocenters. The van der Waals surface area contributed by atoms with Crippen molar-refractivity contribution in [2.45, 2.75) is 12.6 Å². The number of ether oxygens (including phenoxy) is 3. The number of anilines is 1. The summed E-state index contributed by atoms with van der Waals surface area (Å²) < 4.78 is 18.8. The van der Waals surface area contributed by atoms with E-state index in [1.165, 1.54) is 7.11 Å². The molecule has 1 aromatic heterocycles. The Kier molecular flexibility index (Phi) is 3.68. The SMILES string of the molecule is COc1cc([C@H]2N=C(N)Nc3nc4cc5c(cc4n32)OCCCO5)ccc1O. The van der Waals surface area contributed by atoms with Gasteiger partial charge in [0.15, 0.2) is 35.1 Å². The fourth-order valence-electron chi connectivity index (χ4n) is 3.50. The normalized spacial score (nSPS) is 18.0. The molecule has 144 valence electrons. The molecule has 0 saturated heterocycles. The summed E-state index contributed by atoms with van der Waals surface area (Å²) in [5.74, 6) is 2.60. The monoisotopic (exact) mass is 381 g/mol. The number of hydrogen-bond acceptors (Lipinski definition) is 8. The molecule has 2 aliphatic rings. The maximum Gasteiger partial charge on any atom is 0.212 e. The van der Waals surface area contributed by atoms with Gasteiger partial charge >= 0.3 is 0 Å². The molecule has 3 heterocycles. The summed E-state index contributed by atoms with van der Waals surface area (Å²) >= 11 is 0. The predicted molar refractivity (Wildman–Crippen MR) is 103 cm³/mol. The molecule has 5 rings (SSSR count). The molecular formula is C19H19N5O4. The second kappa shape index (κ2) is 6.22. The van der Waals surface area contributed by atoms with Gasteiger partial charge in [-0.2, -0.15) is 0 Å². The van der Waals surface area contributed by atoms with E-state index in [0.29, 0.717) is 36.4 Å². The van der Waals surface area contributed by atoms with Gasteiger partial charge in [0.2, 0.25) is 5.95 Å². The van der Waals surface area contributed by atoms with Crippen molar-refractivity contribution in [2.24, 2.45) is 10.7 Å². The summed E-state index contributed by atoms with van der Waals surface area (Å²) in [6.45, 7) is 1.21. The van der Waals surface area contributed by atoms with E-state index in [1.54, 1.807) is 18.2 Å². The average molecular weight is 381 g/mol. The van der Waals surface area contributed by atoms with Gasteiger partial charge in [-0.15, -0.1) is 0 Å². The summed E-state index contributed by atoms with van der Waals surface area (Å²) in [7, 11) is 1.50. The minimum atomic E-state index is -0.472. The van der Waals surface area contributed by atoms with E-state index < -0.39 is 6.17 Å². The number of aromatic hydroxyl groups is 1. The molecule has 9 heteroatoms. The first-order chi connectivity index (χ1) is 13.6. The molecule has 0 amide bonds. The Bertz CT molecular complexity index is 1110. The summed E-state index contributed by atoms with van der Waals surface area (Å²) in [5.41, 5.74) is 8.37. The number of hydrogen-bond donors (Lipinski definition) is 3. The number of phenolic OH excluding ortho intramolecular Hbond substituents is 1. The van der Waals surface area contributed by atoms with Crippen LogP contribution >= 0.6 is 0 Å². The number of rotatable bonds is 2. The van der Waals surface area contributed by atoms with Gasteiger partial charge in [-0.25, -0.2) is 9.98 Å². The summed E-state index contributed by atoms with van der Waals surface area (Å²) in [6, 6.07) is 8.87. The van der Waals surface area contributed by atoms with Crippen LogP contribution in [0.25, 0.3) is 11.0 Å². The molecule has 0 saturated carbocycles. The lowest BCUT2D eigenvalue weighted by atomic mass is 10.1. The van der Waals surface area contributed by atoms with Crippen LogP contribution in [-0.4, -0.2) is 40.9 Å². The van der Waals surface area contributed by atoms with Crippen molar-refractivity contribution in [3.05, 3.63) is 35.9 Å². The fraction of sp³-hybridized carbons (Fsp3) is 0.263. The molecule has 0 bridgehead atoms. The highest BCUT2D eigenvalue weighted by Gasteiger charge is 2.27. The van der Waals surface area contributed by atoms with Crippen LogP contribution in [0.1, 0.15) is 18.2 Å². The van der Waals surface area contributed by atoms with E-state index in [0.717, 1.165) is 23.0 Å². The van der Waals surface area contributed by atoms with Gasteiger partial charge in [0.1, 0.15) is 0 Å². The molecule has 28 heavy (non-hydrogen) atoms. The van der Waals surface area contributed by atoms with E-state index in [-0.39, 0.29) is 11.7 Å². The zero-order chi connectivity index (χ0) is 19.3. The fourth-order valence-corrected chi connectivity index (χ4v) is 3.50. The summed E-state index contributed by atoms with van der Waals surface area (Å²) in [5, 5.41) is 12.9. The number of aliphatic imine (C=N–C) groups is 1. The second-order valence-corrected chi connectivity index (χ2v) is 6.59. The number of nitrogens with one attached hydrogen (secondary N) is 1. The number of nitrogens with zero attached hydrogens (tertiary/aromatic N) is 3. The number of fused-ring (bicyclic) bond motifs is 4. The van der Waals surface area contributed by atoms with E-state index in [9.17, 15) is 5.11 Å². The summed E-state index contributed by atoms with van der Waals surface area (Å²) in [4.78, 5) is 9.20. The lowest BCUT2D eigenvalue weighted by molar-refractivity contribution is 0.297. The minimum absolute atomic E-state index is 0.0590. The van der Waals surface area contributed by atoms with Gasteiger partial charge in [-0.05, 0) is 12.1 Å². The molecular weight excluding hydrogens is 362 g/mol. The Morgan fingerprint density at radius 1 is 1.21 bits per heavy atom. The Hall–Kier alpha value is -3.62. The maximum absolute atomic E-state index is 9.92. The van der Waals surface area contributed by atoms with Crippen LogP contribution in [0.5, 0.6) is 23.0 Å². The molecule has 3 aromatic rings. The molecule has 2 aromatic carbocycles. The molecule has 2 aliphatic heterocycles. The first-order valence-corrected chi connectivity index (χ1v) is 8.93. The van der Waals surface area contributed by atoms with E-state index in [1.807, 2.05) is 16.7 Å². The second-order valence-electron chi connectivity index (χ2n) is 6.59. The zero-order valence-corrected chi connectivity index (χ0v) is 15.2. The van der Waals surface area contributed by atoms with Gasteiger partial charge in [0.25, 0.3) is 0 Å². The van der Waals surface area contributed by atoms with Gasteiger partial charge in [-0.1, -0.05) is 6.07 Å². The third kappa shape index (κ3) is 2.55. The number of guanidine groups is 1. The predicted octanol–water partition coefficient (Wildman–Crippen LogP) is 2.20. The van der Waals surface area contributed by atoms with Gasteiger partial charge in [0.05, 0.1) is 31.4 Å². The third-order valence-corrected chi connectivity index (χ3v) is 4.81. The topological polar surface area (TPSA) is 116 Å². The van der Waals surface area contributed by atoms with Crippen molar-refractivity contribution < 1.29 is 19.3 Å². The van der Waals surface area contributed by atoms with E-state index in [2.05, 4.69) is 15.3 Å². The molecule has 0 radical (unpaired) electrons. The molecule has 0 unspecified atom stereocenters. The van der Waals surface area contributed by atoms with Crippen molar-refractivity contribution in [3.63, 3.8) is 0 Å². The van der Waals surface area contributed by atoms with Gasteiger partial charge in [0, 0.05) is 24.1 Å². The van der Waals surface area contributed by atoms with Crippen molar-refractivity contribution in [1.29, 1.82) is 0 Å². The molecule has 4 N–H and O–H groups in total. The maximum atomic E-state index is 9.92. The Morgan fingerprint density at radius 3 is 2.79 bits per heavy atom. The van der Waals surface area contributed by atoms with Crippen LogP contribution in [0, 0.1) is 0 Å². The minimum Gasteiger partial charge on any atom is -0.504 e. The average Bonchev–Trinajstić information content (AvgIpc) is 2.87. The van der Waals surface area contributed by atoms with Crippen molar-refractivity contribution in [3.8, 4) is 23.0 Å². The van der Waals surface area contributed by atoms with Crippen LogP contribution in [0.4, 0.5) is 5.95 Å². The number of benzene rings is 2. The first kappa shape index (κ1) is 16.5. The van der Waals surface area contributed by atoms with E-state index >= 15 is 0 Å². The van der Waals surface area contributed by atoms with Crippen LogP contribution in [0.3, 0.4) is 0 Å². The quantitative estimate of drug-likeness (QED) is 0.623. The van der Waals surface area contributed by atoms with Crippen LogP contribution in [-0.2, 0) is 0 Å². The van der Waals surface area contributed by atoms with E-state index in [4.69, 9.17) is 19.9 Å². The Labute approximate surface area is 160 Å². The van der Waals surface area contributed by atoms with Crippen molar-refractivity contribution >= 4 is 22.9 Å². The third-order valence-electron chi connectivity index (χ3n) is 4.81. The lowest BCUT2D eigenvalue weighted by Crippen LogP contribution is -2.31. The van der Waals surface area contributed by atoms with Crippen LogP contribution in [0.15, 0.2) is 35.3 Å². The lowest BCUT2D eigenvalue weighted by Gasteiger charge is -2.24. The highest BCUT2D eigenvalue weighted by molar-refractivity contribution is 5.95. The standard InChI is InChI=1S/C19H19N5O4/c1-26-14-7-10(3-4-13(14)25)17-22-18(20)23-19-21-11-8-15-16(9-12(11)24(17)19)28-6-2-5-27-15/h3-4,7-9,17,25H,2,5-6H2,1H3,(H3,20,21,22,23)/t17-/m0/s1. The molecule has 9 nitrogen and oxygen atoms in total. The number of phenols is 1. The van der Waals surface area contributed by atoms with Gasteiger partial charge in [-0.3, -0.25) is 9.88 Å². The zero-order valence-electron chi connectivity index (χ0n) is 15.2. The molecule has 0 aliphatic carbocycles. The first-order valence-electron chi connectivity index (χ1n) is 8.93. The Morgan fingerprint density at radius 2 is 2.00 bits per heavy atom. The Balaban J connectivity index is 1.70. The van der Waals surface area contributed by atoms with Crippen molar-refractivity contribution in [2.75, 3.05) is 25.6 Å². The summed E-state index contributed by atoms with van der Waals surface area (Å²) in [6.07, 6.45) is 0.357. The largest absolute Gasteiger partial charge is 0.504 e. The number of nitrogens with two attached hydrogens (primary N) is 1. The number of imidazole rings is 1. The van der Waals surface area contributed by atoms with Crippen LogP contribution < -0.4 is 25.3 Å². The number of aromatic nitrogens is 2. The number of methoxy groups -OCH3 is 1. The van der Waals surface area contributed by atoms with Crippen molar-refractivity contribution in [1.82, 2.24) is 9.55 Å².